The number of benzene rings is 1. The van der Waals surface area contributed by atoms with E-state index in [1.807, 2.05) is 31.2 Å². The summed E-state index contributed by atoms with van der Waals surface area (Å²) in [6.07, 6.45) is 7.79. The van der Waals surface area contributed by atoms with Gasteiger partial charge in [-0.25, -0.2) is 9.37 Å². The fourth-order valence-electron chi connectivity index (χ4n) is 2.49. The molecule has 0 aliphatic carbocycles. The molecule has 26 heavy (non-hydrogen) atoms. The molecule has 0 aliphatic rings. The van der Waals surface area contributed by atoms with E-state index in [0.717, 1.165) is 22.6 Å². The van der Waals surface area contributed by atoms with Crippen molar-refractivity contribution >= 4 is 16.5 Å². The largest absolute Gasteiger partial charge is 0.488 e. The summed E-state index contributed by atoms with van der Waals surface area (Å²) in [6, 6.07) is 7.56. The first-order valence-corrected chi connectivity index (χ1v) is 8.17. The van der Waals surface area contributed by atoms with Crippen LogP contribution in [-0.4, -0.2) is 11.6 Å². The number of hydrogen-bond donors (Lipinski definition) is 0. The molecular weight excluding hydrogens is 325 g/mol. The summed E-state index contributed by atoms with van der Waals surface area (Å²) in [5, 5.41) is 0.859. The Balaban J connectivity index is 2.62. The molecule has 2 nitrogen and oxygen atoms in total. The molecule has 0 saturated heterocycles. The van der Waals surface area contributed by atoms with Gasteiger partial charge in [0.1, 0.15) is 18.2 Å². The summed E-state index contributed by atoms with van der Waals surface area (Å²) < 4.78 is 20.1. The Morgan fingerprint density at radius 2 is 1.88 bits per heavy atom. The first-order valence-electron chi connectivity index (χ1n) is 8.17. The number of ether oxygens (including phenoxy) is 1. The summed E-state index contributed by atoms with van der Waals surface area (Å²) in [7, 11) is 0. The first kappa shape index (κ1) is 19.1. The number of pyridine rings is 1. The Morgan fingerprint density at radius 1 is 1.12 bits per heavy atom. The maximum Gasteiger partial charge on any atom is 0.131 e. The van der Waals surface area contributed by atoms with E-state index in [4.69, 9.17) is 4.74 Å². The van der Waals surface area contributed by atoms with Gasteiger partial charge in [0.25, 0.3) is 0 Å². The normalized spacial score (nSPS) is 12.3. The van der Waals surface area contributed by atoms with Crippen LogP contribution in [0.1, 0.15) is 11.3 Å². The van der Waals surface area contributed by atoms with E-state index < -0.39 is 5.83 Å². The molecule has 0 fully saturated rings. The van der Waals surface area contributed by atoms with Crippen LogP contribution in [-0.2, 0) is 0 Å². The molecular formula is C23H22FNO. The average molecular weight is 347 g/mol. The van der Waals surface area contributed by atoms with Gasteiger partial charge in [0.05, 0.1) is 11.2 Å². The molecule has 2 rings (SSSR count). The predicted octanol–water partition coefficient (Wildman–Crippen LogP) is 6.27. The molecule has 3 heteroatoms. The van der Waals surface area contributed by atoms with E-state index in [1.165, 1.54) is 6.08 Å². The van der Waals surface area contributed by atoms with Crippen molar-refractivity contribution < 1.29 is 9.13 Å². The Bertz CT molecular complexity index is 935. The molecule has 132 valence electrons. The van der Waals surface area contributed by atoms with Gasteiger partial charge in [-0.3, -0.25) is 0 Å². The van der Waals surface area contributed by atoms with Crippen molar-refractivity contribution in [2.75, 3.05) is 6.61 Å². The van der Waals surface area contributed by atoms with Crippen LogP contribution in [0.15, 0.2) is 92.4 Å². The second kappa shape index (κ2) is 8.77. The Kier molecular flexibility index (Phi) is 6.45. The summed E-state index contributed by atoms with van der Waals surface area (Å²) in [5.74, 6) is 0.130. The number of allylic oxidation sites excluding steroid dienone is 6. The minimum atomic E-state index is -0.483. The van der Waals surface area contributed by atoms with Gasteiger partial charge >= 0.3 is 0 Å². The summed E-state index contributed by atoms with van der Waals surface area (Å²) in [6.45, 7) is 16.9. The third-order valence-corrected chi connectivity index (χ3v) is 3.83. The molecule has 1 aromatic heterocycles. The second-order valence-corrected chi connectivity index (χ2v) is 5.67. The molecule has 0 bridgehead atoms. The van der Waals surface area contributed by atoms with E-state index >= 15 is 0 Å². The number of nitrogens with zero attached hydrogens (tertiary/aromatic N) is 1. The fraction of sp³-hybridized carbons (Fsp3) is 0.0870. The third kappa shape index (κ3) is 4.25. The van der Waals surface area contributed by atoms with Crippen molar-refractivity contribution in [3.63, 3.8) is 0 Å². The van der Waals surface area contributed by atoms with Crippen molar-refractivity contribution in [3.8, 4) is 5.75 Å². The lowest BCUT2D eigenvalue weighted by atomic mass is 10.1. The van der Waals surface area contributed by atoms with Gasteiger partial charge in [-0.2, -0.15) is 0 Å². The lowest BCUT2D eigenvalue weighted by Gasteiger charge is -2.13. The zero-order chi connectivity index (χ0) is 19.1. The van der Waals surface area contributed by atoms with Gasteiger partial charge in [0.2, 0.25) is 0 Å². The Hall–Kier alpha value is -3.20. The number of aromatic nitrogens is 1. The molecule has 0 saturated carbocycles. The summed E-state index contributed by atoms with van der Waals surface area (Å²) in [5.41, 5.74) is 3.40. The number of rotatable bonds is 8. The van der Waals surface area contributed by atoms with E-state index in [-0.39, 0.29) is 5.57 Å². The molecule has 0 spiro atoms. The maximum atomic E-state index is 14.1. The van der Waals surface area contributed by atoms with E-state index in [0.29, 0.717) is 23.6 Å². The van der Waals surface area contributed by atoms with E-state index in [1.54, 1.807) is 18.2 Å². The van der Waals surface area contributed by atoms with Gasteiger partial charge in [0.15, 0.2) is 0 Å². The molecule has 1 heterocycles. The first-order chi connectivity index (χ1) is 12.5. The number of aryl methyl sites for hydroxylation is 1. The van der Waals surface area contributed by atoms with E-state index in [2.05, 4.69) is 31.3 Å². The topological polar surface area (TPSA) is 22.1 Å². The van der Waals surface area contributed by atoms with Crippen molar-refractivity contribution in [2.45, 2.75) is 6.92 Å². The zero-order valence-electron chi connectivity index (χ0n) is 15.0. The average Bonchev–Trinajstić information content (AvgIpc) is 2.65. The highest BCUT2D eigenvalue weighted by atomic mass is 19.1. The Morgan fingerprint density at radius 3 is 2.50 bits per heavy atom. The van der Waals surface area contributed by atoms with Crippen LogP contribution >= 0.6 is 0 Å². The van der Waals surface area contributed by atoms with Crippen LogP contribution < -0.4 is 4.74 Å². The highest BCUT2D eigenvalue weighted by Gasteiger charge is 2.12. The fourth-order valence-corrected chi connectivity index (χ4v) is 2.49. The third-order valence-electron chi connectivity index (χ3n) is 3.83. The highest BCUT2D eigenvalue weighted by molar-refractivity contribution is 5.89. The second-order valence-electron chi connectivity index (χ2n) is 5.67. The van der Waals surface area contributed by atoms with Gasteiger partial charge in [-0.05, 0) is 30.7 Å². The Labute approximate surface area is 154 Å². The monoisotopic (exact) mass is 347 g/mol. The molecule has 1 aromatic carbocycles. The van der Waals surface area contributed by atoms with Gasteiger partial charge < -0.3 is 4.74 Å². The van der Waals surface area contributed by atoms with Crippen LogP contribution in [0.3, 0.4) is 0 Å². The molecule has 0 radical (unpaired) electrons. The van der Waals surface area contributed by atoms with Crippen molar-refractivity contribution in [3.05, 3.63) is 104 Å². The van der Waals surface area contributed by atoms with Crippen LogP contribution in [0.25, 0.3) is 16.5 Å². The zero-order valence-corrected chi connectivity index (χ0v) is 15.0. The van der Waals surface area contributed by atoms with Crippen LogP contribution in [0.4, 0.5) is 4.39 Å². The number of fused-ring (bicyclic) bond motifs is 1. The molecule has 0 unspecified atom stereocenters. The summed E-state index contributed by atoms with van der Waals surface area (Å²) >= 11 is 0. The van der Waals surface area contributed by atoms with Gasteiger partial charge in [0, 0.05) is 17.0 Å². The number of hydrogen-bond acceptors (Lipinski definition) is 2. The van der Waals surface area contributed by atoms with Gasteiger partial charge in [-0.15, -0.1) is 0 Å². The molecule has 0 atom stereocenters. The van der Waals surface area contributed by atoms with Crippen molar-refractivity contribution in [1.29, 1.82) is 0 Å². The summed E-state index contributed by atoms with van der Waals surface area (Å²) in [4.78, 5) is 4.55. The minimum Gasteiger partial charge on any atom is -0.488 e. The SMILES string of the molecule is C=C/C=C(\C=C)COc1cc(/C(C=C)=C(\F)C=C)nc2ccc(C)cc12. The molecule has 0 amide bonds. The standard InChI is InChI=1S/C23H22FNO/c1-6-10-17(7-2)15-26-23-14-22(18(8-3)20(24)9-4)25-21-12-11-16(5)13-19(21)23/h6-14H,1-4,15H2,5H3/b17-10+,20-18-. The number of halogens is 1. The van der Waals surface area contributed by atoms with Gasteiger partial charge in [-0.1, -0.05) is 62.2 Å². The van der Waals surface area contributed by atoms with Crippen LogP contribution in [0.5, 0.6) is 5.75 Å². The molecule has 0 N–H and O–H groups in total. The minimum absolute atomic E-state index is 0.276. The lowest BCUT2D eigenvalue weighted by molar-refractivity contribution is 0.359. The maximum absolute atomic E-state index is 14.1. The van der Waals surface area contributed by atoms with Crippen molar-refractivity contribution in [2.24, 2.45) is 0 Å². The molecule has 2 aromatic rings. The van der Waals surface area contributed by atoms with E-state index in [9.17, 15) is 4.39 Å². The lowest BCUT2D eigenvalue weighted by Crippen LogP contribution is -2.02. The quantitative estimate of drug-likeness (QED) is 0.525. The molecule has 0 aliphatic heterocycles. The van der Waals surface area contributed by atoms with Crippen LogP contribution in [0, 0.1) is 6.92 Å². The highest BCUT2D eigenvalue weighted by Crippen LogP contribution is 2.31. The van der Waals surface area contributed by atoms with Crippen LogP contribution in [0.2, 0.25) is 0 Å². The predicted molar refractivity (Wildman–Crippen MR) is 109 cm³/mol. The smallest absolute Gasteiger partial charge is 0.131 e. The van der Waals surface area contributed by atoms with Crippen molar-refractivity contribution in [1.82, 2.24) is 4.98 Å².